The summed E-state index contributed by atoms with van der Waals surface area (Å²) < 4.78 is 13.1. The molecule has 1 aliphatic carbocycles. The van der Waals surface area contributed by atoms with Gasteiger partial charge in [-0.05, 0) is 24.5 Å². The highest BCUT2D eigenvalue weighted by atomic mass is 19.1. The van der Waals surface area contributed by atoms with E-state index in [1.807, 2.05) is 0 Å². The lowest BCUT2D eigenvalue weighted by Gasteiger charge is -2.10. The molecule has 6 heteroatoms. The Kier molecular flexibility index (Phi) is 4.65. The predicted molar refractivity (Wildman–Crippen MR) is 72.0 cm³/mol. The molecule has 20 heavy (non-hydrogen) atoms. The summed E-state index contributed by atoms with van der Waals surface area (Å²) in [6.45, 7) is 0.469. The zero-order chi connectivity index (χ0) is 14.5. The number of rotatable bonds is 5. The molecule has 0 spiro atoms. The van der Waals surface area contributed by atoms with E-state index in [2.05, 4.69) is 5.32 Å². The first-order chi connectivity index (χ1) is 9.58. The molecule has 0 aromatic heterocycles. The average molecular weight is 280 g/mol. The first-order valence-electron chi connectivity index (χ1n) is 6.80. The van der Waals surface area contributed by atoms with E-state index in [1.165, 1.54) is 25.7 Å². The summed E-state index contributed by atoms with van der Waals surface area (Å²) in [4.78, 5) is 22.1. The summed E-state index contributed by atoms with van der Waals surface area (Å²) in [5.74, 6) is -0.622. The average Bonchev–Trinajstić information content (AvgIpc) is 2.91. The molecule has 1 aliphatic rings. The van der Waals surface area contributed by atoms with E-state index < -0.39 is 16.6 Å². The topological polar surface area (TPSA) is 72.2 Å². The smallest absolute Gasteiger partial charge is 0.282 e. The van der Waals surface area contributed by atoms with Gasteiger partial charge < -0.3 is 5.32 Å². The van der Waals surface area contributed by atoms with Crippen LogP contribution in [0.4, 0.5) is 10.1 Å². The zero-order valence-electron chi connectivity index (χ0n) is 11.1. The minimum absolute atomic E-state index is 0.221. The molecule has 1 amide bonds. The third kappa shape index (κ3) is 3.53. The van der Waals surface area contributed by atoms with Crippen molar-refractivity contribution >= 4 is 11.6 Å². The Morgan fingerprint density at radius 2 is 2.10 bits per heavy atom. The number of carbonyl (C=O) groups is 1. The number of hydrogen-bond acceptors (Lipinski definition) is 3. The summed E-state index contributed by atoms with van der Waals surface area (Å²) in [7, 11) is 0. The fourth-order valence-electron chi connectivity index (χ4n) is 2.63. The van der Waals surface area contributed by atoms with Crippen LogP contribution in [-0.4, -0.2) is 17.4 Å². The molecule has 1 fully saturated rings. The van der Waals surface area contributed by atoms with Crippen LogP contribution in [0.3, 0.4) is 0 Å². The molecule has 0 aliphatic heterocycles. The van der Waals surface area contributed by atoms with E-state index in [0.29, 0.717) is 12.5 Å². The SMILES string of the molecule is O=C(NCCC1CCCC1)c1cc(F)ccc1[N+](=O)[O-]. The maximum Gasteiger partial charge on any atom is 0.282 e. The van der Waals surface area contributed by atoms with Crippen molar-refractivity contribution in [1.29, 1.82) is 0 Å². The van der Waals surface area contributed by atoms with Gasteiger partial charge in [0.05, 0.1) is 4.92 Å². The number of amides is 1. The number of nitro benzene ring substituents is 1. The van der Waals surface area contributed by atoms with Gasteiger partial charge in [-0.25, -0.2) is 4.39 Å². The Balaban J connectivity index is 1.97. The number of carbonyl (C=O) groups excluding carboxylic acids is 1. The van der Waals surface area contributed by atoms with Crippen molar-refractivity contribution < 1.29 is 14.1 Å². The molecule has 0 heterocycles. The molecule has 2 rings (SSSR count). The highest BCUT2D eigenvalue weighted by molar-refractivity contribution is 5.98. The van der Waals surface area contributed by atoms with E-state index in [0.717, 1.165) is 24.6 Å². The number of nitrogens with zero attached hydrogens (tertiary/aromatic N) is 1. The molecule has 0 atom stereocenters. The lowest BCUT2D eigenvalue weighted by molar-refractivity contribution is -0.385. The summed E-state index contributed by atoms with van der Waals surface area (Å²) in [6.07, 6.45) is 5.68. The van der Waals surface area contributed by atoms with Gasteiger partial charge in [-0.15, -0.1) is 0 Å². The molecule has 0 radical (unpaired) electrons. The molecule has 1 N–H and O–H groups in total. The van der Waals surface area contributed by atoms with Crippen LogP contribution in [0.15, 0.2) is 18.2 Å². The Bertz CT molecular complexity index is 513. The van der Waals surface area contributed by atoms with Gasteiger partial charge >= 0.3 is 0 Å². The Hall–Kier alpha value is -1.98. The standard InChI is InChI=1S/C14H17FN2O3/c15-11-5-6-13(17(19)20)12(9-11)14(18)16-8-7-10-3-1-2-4-10/h5-6,9-10H,1-4,7-8H2,(H,16,18). The van der Waals surface area contributed by atoms with Crippen molar-refractivity contribution in [3.8, 4) is 0 Å². The number of nitro groups is 1. The van der Waals surface area contributed by atoms with Crippen LogP contribution < -0.4 is 5.32 Å². The third-order valence-corrected chi connectivity index (χ3v) is 3.71. The molecule has 0 bridgehead atoms. The summed E-state index contributed by atoms with van der Waals surface area (Å²) >= 11 is 0. The maximum atomic E-state index is 13.1. The number of nitrogens with one attached hydrogen (secondary N) is 1. The van der Waals surface area contributed by atoms with E-state index in [4.69, 9.17) is 0 Å². The second-order valence-electron chi connectivity index (χ2n) is 5.11. The maximum absolute atomic E-state index is 13.1. The molecule has 5 nitrogen and oxygen atoms in total. The van der Waals surface area contributed by atoms with Gasteiger partial charge in [0.1, 0.15) is 11.4 Å². The van der Waals surface area contributed by atoms with Gasteiger partial charge in [0.15, 0.2) is 0 Å². The minimum Gasteiger partial charge on any atom is -0.352 e. The second kappa shape index (κ2) is 6.45. The van der Waals surface area contributed by atoms with Crippen molar-refractivity contribution in [2.24, 2.45) is 5.92 Å². The minimum atomic E-state index is -0.675. The number of hydrogen-bond donors (Lipinski definition) is 1. The predicted octanol–water partition coefficient (Wildman–Crippen LogP) is 3.04. The molecular weight excluding hydrogens is 263 g/mol. The van der Waals surface area contributed by atoms with Crippen LogP contribution in [-0.2, 0) is 0 Å². The Morgan fingerprint density at radius 1 is 1.40 bits per heavy atom. The van der Waals surface area contributed by atoms with Crippen LogP contribution in [0.5, 0.6) is 0 Å². The summed E-state index contributed by atoms with van der Waals surface area (Å²) in [5, 5.41) is 13.5. The van der Waals surface area contributed by atoms with Crippen molar-refractivity contribution in [3.05, 3.63) is 39.7 Å². The first-order valence-corrected chi connectivity index (χ1v) is 6.80. The normalized spacial score (nSPS) is 15.2. The lowest BCUT2D eigenvalue weighted by Crippen LogP contribution is -2.26. The molecule has 1 saturated carbocycles. The van der Waals surface area contributed by atoms with Crippen LogP contribution in [0.1, 0.15) is 42.5 Å². The van der Waals surface area contributed by atoms with Crippen LogP contribution in [0.2, 0.25) is 0 Å². The second-order valence-corrected chi connectivity index (χ2v) is 5.11. The van der Waals surface area contributed by atoms with E-state index in [-0.39, 0.29) is 11.3 Å². The molecule has 0 saturated heterocycles. The van der Waals surface area contributed by atoms with Crippen LogP contribution >= 0.6 is 0 Å². The van der Waals surface area contributed by atoms with E-state index in [9.17, 15) is 19.3 Å². The lowest BCUT2D eigenvalue weighted by atomic mass is 10.0. The Morgan fingerprint density at radius 3 is 2.75 bits per heavy atom. The molecular formula is C14H17FN2O3. The fourth-order valence-corrected chi connectivity index (χ4v) is 2.63. The van der Waals surface area contributed by atoms with Crippen molar-refractivity contribution in [1.82, 2.24) is 5.32 Å². The monoisotopic (exact) mass is 280 g/mol. The molecule has 1 aromatic rings. The third-order valence-electron chi connectivity index (χ3n) is 3.71. The molecule has 1 aromatic carbocycles. The first kappa shape index (κ1) is 14.4. The van der Waals surface area contributed by atoms with Crippen molar-refractivity contribution in [2.75, 3.05) is 6.54 Å². The summed E-state index contributed by atoms with van der Waals surface area (Å²) in [5.41, 5.74) is -0.591. The highest BCUT2D eigenvalue weighted by Crippen LogP contribution is 2.27. The van der Waals surface area contributed by atoms with Crippen molar-refractivity contribution in [3.63, 3.8) is 0 Å². The molecule has 0 unspecified atom stereocenters. The number of benzene rings is 1. The summed E-state index contributed by atoms with van der Waals surface area (Å²) in [6, 6.07) is 2.90. The van der Waals surface area contributed by atoms with Crippen LogP contribution in [0, 0.1) is 21.8 Å². The van der Waals surface area contributed by atoms with Gasteiger partial charge in [0, 0.05) is 12.6 Å². The van der Waals surface area contributed by atoms with Gasteiger partial charge in [0.25, 0.3) is 11.6 Å². The van der Waals surface area contributed by atoms with Gasteiger partial charge in [-0.1, -0.05) is 25.7 Å². The Labute approximate surface area is 116 Å². The molecule has 108 valence electrons. The van der Waals surface area contributed by atoms with E-state index in [1.54, 1.807) is 0 Å². The zero-order valence-corrected chi connectivity index (χ0v) is 11.1. The number of halogens is 1. The largest absolute Gasteiger partial charge is 0.352 e. The van der Waals surface area contributed by atoms with Gasteiger partial charge in [-0.3, -0.25) is 14.9 Å². The quantitative estimate of drug-likeness (QED) is 0.665. The van der Waals surface area contributed by atoms with Crippen molar-refractivity contribution in [2.45, 2.75) is 32.1 Å². The van der Waals surface area contributed by atoms with Crippen LogP contribution in [0.25, 0.3) is 0 Å². The van der Waals surface area contributed by atoms with Gasteiger partial charge in [0.2, 0.25) is 0 Å². The highest BCUT2D eigenvalue weighted by Gasteiger charge is 2.21. The van der Waals surface area contributed by atoms with Gasteiger partial charge in [-0.2, -0.15) is 0 Å². The fraction of sp³-hybridized carbons (Fsp3) is 0.500. The van der Waals surface area contributed by atoms with E-state index >= 15 is 0 Å².